The molecule has 1 heterocycles. The van der Waals surface area contributed by atoms with E-state index in [2.05, 4.69) is 10.2 Å². The van der Waals surface area contributed by atoms with Gasteiger partial charge in [0.05, 0.1) is 18.3 Å². The van der Waals surface area contributed by atoms with Crippen LogP contribution >= 0.6 is 0 Å². The van der Waals surface area contributed by atoms with Gasteiger partial charge in [-0.3, -0.25) is 0 Å². The van der Waals surface area contributed by atoms with Gasteiger partial charge in [0, 0.05) is 19.1 Å². The van der Waals surface area contributed by atoms with Crippen LogP contribution in [-0.4, -0.2) is 30.3 Å². The van der Waals surface area contributed by atoms with Crippen molar-refractivity contribution in [1.82, 2.24) is 5.32 Å². The highest BCUT2D eigenvalue weighted by atomic mass is 19.1. The van der Waals surface area contributed by atoms with E-state index in [-0.39, 0.29) is 18.5 Å². The zero-order chi connectivity index (χ0) is 13.9. The van der Waals surface area contributed by atoms with Gasteiger partial charge in [-0.2, -0.15) is 0 Å². The van der Waals surface area contributed by atoms with E-state index in [0.717, 1.165) is 31.4 Å². The molecule has 1 aromatic rings. The molecular formula is C16H23FN2O. The summed E-state index contributed by atoms with van der Waals surface area (Å²) in [5.41, 5.74) is 1.71. The second-order valence-corrected chi connectivity index (χ2v) is 5.93. The van der Waals surface area contributed by atoms with E-state index >= 15 is 0 Å². The Morgan fingerprint density at radius 1 is 1.25 bits per heavy atom. The van der Waals surface area contributed by atoms with Crippen LogP contribution in [0.15, 0.2) is 18.2 Å². The second-order valence-electron chi connectivity index (χ2n) is 5.93. The van der Waals surface area contributed by atoms with Crippen LogP contribution in [0.3, 0.4) is 0 Å². The predicted molar refractivity (Wildman–Crippen MR) is 78.3 cm³/mol. The fraction of sp³-hybridized carbons (Fsp3) is 0.625. The van der Waals surface area contributed by atoms with Gasteiger partial charge < -0.3 is 15.3 Å². The summed E-state index contributed by atoms with van der Waals surface area (Å²) in [5.74, 6) is -0.166. The van der Waals surface area contributed by atoms with Crippen LogP contribution in [0.1, 0.15) is 37.7 Å². The maximum Gasteiger partial charge on any atom is 0.146 e. The first kappa shape index (κ1) is 13.8. The van der Waals surface area contributed by atoms with Crippen LogP contribution in [0.5, 0.6) is 0 Å². The smallest absolute Gasteiger partial charge is 0.146 e. The number of piperidine rings is 1. The lowest BCUT2D eigenvalue weighted by Crippen LogP contribution is -2.43. The van der Waals surface area contributed by atoms with E-state index in [0.29, 0.717) is 18.3 Å². The summed E-state index contributed by atoms with van der Waals surface area (Å²) in [7, 11) is 0. The van der Waals surface area contributed by atoms with Crippen LogP contribution in [0.2, 0.25) is 0 Å². The number of rotatable bonds is 5. The topological polar surface area (TPSA) is 35.5 Å². The Hall–Kier alpha value is -1.13. The first-order valence-corrected chi connectivity index (χ1v) is 7.68. The van der Waals surface area contributed by atoms with Crippen molar-refractivity contribution >= 4 is 5.69 Å². The number of anilines is 1. The fourth-order valence-corrected chi connectivity index (χ4v) is 3.05. The van der Waals surface area contributed by atoms with E-state index in [1.807, 2.05) is 6.07 Å². The summed E-state index contributed by atoms with van der Waals surface area (Å²) >= 11 is 0. The normalized spacial score (nSPS) is 23.1. The van der Waals surface area contributed by atoms with E-state index in [9.17, 15) is 9.50 Å². The number of nitrogens with one attached hydrogen (secondary N) is 1. The summed E-state index contributed by atoms with van der Waals surface area (Å²) in [5, 5.41) is 13.0. The van der Waals surface area contributed by atoms with E-state index < -0.39 is 0 Å². The van der Waals surface area contributed by atoms with Gasteiger partial charge >= 0.3 is 0 Å². The number of aliphatic hydroxyl groups excluding tert-OH is 1. The van der Waals surface area contributed by atoms with Crippen LogP contribution in [0.4, 0.5) is 10.1 Å². The Morgan fingerprint density at radius 2 is 2.10 bits per heavy atom. The number of hydrogen-bond acceptors (Lipinski definition) is 3. The van der Waals surface area contributed by atoms with Crippen molar-refractivity contribution in [2.75, 3.05) is 18.1 Å². The molecule has 1 aliphatic carbocycles. The highest BCUT2D eigenvalue weighted by Gasteiger charge is 2.27. The molecule has 0 bridgehead atoms. The number of aliphatic hydroxyl groups is 1. The third kappa shape index (κ3) is 2.96. The molecule has 1 saturated heterocycles. The van der Waals surface area contributed by atoms with Gasteiger partial charge in [0.2, 0.25) is 0 Å². The lowest BCUT2D eigenvalue weighted by molar-refractivity contribution is 0.239. The van der Waals surface area contributed by atoms with Crippen molar-refractivity contribution in [2.24, 2.45) is 0 Å². The van der Waals surface area contributed by atoms with Gasteiger partial charge in [-0.1, -0.05) is 12.1 Å². The molecule has 2 fully saturated rings. The Kier molecular flexibility index (Phi) is 4.22. The molecule has 0 amide bonds. The largest absolute Gasteiger partial charge is 0.394 e. The highest BCUT2D eigenvalue weighted by molar-refractivity contribution is 5.56. The minimum absolute atomic E-state index is 0.0559. The van der Waals surface area contributed by atoms with Crippen molar-refractivity contribution in [1.29, 1.82) is 0 Å². The van der Waals surface area contributed by atoms with E-state index in [1.54, 1.807) is 6.07 Å². The molecule has 1 aliphatic heterocycles. The van der Waals surface area contributed by atoms with Gasteiger partial charge in [0.1, 0.15) is 5.82 Å². The van der Waals surface area contributed by atoms with Crippen LogP contribution in [0.25, 0.3) is 0 Å². The summed E-state index contributed by atoms with van der Waals surface area (Å²) in [6.45, 7) is 1.65. The lowest BCUT2D eigenvalue weighted by atomic mass is 10.00. The number of benzene rings is 1. The van der Waals surface area contributed by atoms with E-state index in [4.69, 9.17) is 0 Å². The van der Waals surface area contributed by atoms with Crippen molar-refractivity contribution in [3.05, 3.63) is 29.6 Å². The molecule has 2 aliphatic rings. The summed E-state index contributed by atoms with van der Waals surface area (Å²) in [6.07, 6.45) is 5.59. The SMILES string of the molecule is OCC1CCCCN1c1c(F)cccc1CNC1CC1. The Balaban J connectivity index is 1.84. The molecular weight excluding hydrogens is 255 g/mol. The number of halogens is 1. The molecule has 20 heavy (non-hydrogen) atoms. The Labute approximate surface area is 119 Å². The summed E-state index contributed by atoms with van der Waals surface area (Å²) in [6, 6.07) is 5.97. The highest BCUT2D eigenvalue weighted by Crippen LogP contribution is 2.31. The summed E-state index contributed by atoms with van der Waals surface area (Å²) in [4.78, 5) is 2.07. The van der Waals surface area contributed by atoms with Crippen LogP contribution in [-0.2, 0) is 6.54 Å². The average Bonchev–Trinajstić information content (AvgIpc) is 3.29. The Morgan fingerprint density at radius 3 is 2.85 bits per heavy atom. The lowest BCUT2D eigenvalue weighted by Gasteiger charge is -2.38. The zero-order valence-corrected chi connectivity index (χ0v) is 11.8. The maximum atomic E-state index is 14.3. The number of hydrogen-bond donors (Lipinski definition) is 2. The molecule has 0 spiro atoms. The average molecular weight is 278 g/mol. The fourth-order valence-electron chi connectivity index (χ4n) is 3.05. The predicted octanol–water partition coefficient (Wildman–Crippen LogP) is 2.43. The molecule has 3 nitrogen and oxygen atoms in total. The minimum atomic E-state index is -0.166. The second kappa shape index (κ2) is 6.10. The molecule has 0 aromatic heterocycles. The molecule has 0 radical (unpaired) electrons. The minimum Gasteiger partial charge on any atom is -0.394 e. The molecule has 110 valence electrons. The molecule has 1 saturated carbocycles. The standard InChI is InChI=1S/C16H23FN2O/c17-15-6-3-4-12(10-18-13-7-8-13)16(15)19-9-2-1-5-14(19)11-20/h3-4,6,13-14,18,20H,1-2,5,7-11H2. The van der Waals surface area contributed by atoms with Gasteiger partial charge in [-0.05, 0) is 43.7 Å². The Bertz CT molecular complexity index is 462. The van der Waals surface area contributed by atoms with Crippen molar-refractivity contribution in [3.63, 3.8) is 0 Å². The number of nitrogens with zero attached hydrogens (tertiary/aromatic N) is 1. The monoisotopic (exact) mass is 278 g/mol. The van der Waals surface area contributed by atoms with Crippen LogP contribution in [0, 0.1) is 5.82 Å². The van der Waals surface area contributed by atoms with Gasteiger partial charge in [-0.15, -0.1) is 0 Å². The van der Waals surface area contributed by atoms with E-state index in [1.165, 1.54) is 18.9 Å². The van der Waals surface area contributed by atoms with Crippen molar-refractivity contribution < 1.29 is 9.50 Å². The molecule has 2 N–H and O–H groups in total. The van der Waals surface area contributed by atoms with Crippen molar-refractivity contribution in [2.45, 2.75) is 50.7 Å². The molecule has 1 atom stereocenters. The van der Waals surface area contributed by atoms with Gasteiger partial charge in [0.25, 0.3) is 0 Å². The molecule has 1 aromatic carbocycles. The molecule has 3 rings (SSSR count). The van der Waals surface area contributed by atoms with Crippen LogP contribution < -0.4 is 10.2 Å². The first-order chi connectivity index (χ1) is 9.79. The van der Waals surface area contributed by atoms with Gasteiger partial charge in [0.15, 0.2) is 0 Å². The maximum absolute atomic E-state index is 14.3. The molecule has 4 heteroatoms. The van der Waals surface area contributed by atoms with Gasteiger partial charge in [-0.25, -0.2) is 4.39 Å². The quantitative estimate of drug-likeness (QED) is 0.868. The first-order valence-electron chi connectivity index (χ1n) is 7.68. The third-order valence-electron chi connectivity index (χ3n) is 4.35. The third-order valence-corrected chi connectivity index (χ3v) is 4.35. The molecule has 1 unspecified atom stereocenters. The van der Waals surface area contributed by atoms with Crippen molar-refractivity contribution in [3.8, 4) is 0 Å². The summed E-state index contributed by atoms with van der Waals surface area (Å²) < 4.78 is 14.3. The number of para-hydroxylation sites is 1. The zero-order valence-electron chi connectivity index (χ0n) is 11.8.